The Kier molecular flexibility index (Phi) is 2.77. The molecule has 0 aliphatic carbocycles. The summed E-state index contributed by atoms with van der Waals surface area (Å²) in [5.74, 6) is -2.66. The average molecular weight is 241 g/mol. The fraction of sp³-hybridized carbons (Fsp3) is 0.417. The number of halogens is 2. The molecule has 1 aromatic carbocycles. The highest BCUT2D eigenvalue weighted by Crippen LogP contribution is 2.38. The molecule has 2 rings (SSSR count). The van der Waals surface area contributed by atoms with Gasteiger partial charge in [-0.15, -0.1) is 0 Å². The lowest BCUT2D eigenvalue weighted by Gasteiger charge is -2.27. The van der Waals surface area contributed by atoms with E-state index in [-0.39, 0.29) is 24.5 Å². The number of likely N-dealkylation sites (N-methyl/N-ethyl adjacent to an activating group) is 1. The van der Waals surface area contributed by atoms with Crippen molar-refractivity contribution in [3.8, 4) is 5.75 Å². The number of alkyl halides is 2. The van der Waals surface area contributed by atoms with Crippen LogP contribution in [0.2, 0.25) is 0 Å². The van der Waals surface area contributed by atoms with E-state index in [1.807, 2.05) is 0 Å². The van der Waals surface area contributed by atoms with Crippen LogP contribution >= 0.6 is 0 Å². The first-order valence-corrected chi connectivity index (χ1v) is 5.37. The van der Waals surface area contributed by atoms with E-state index >= 15 is 0 Å². The SMILES string of the molecule is CCC(F)(F)c1ccc2c(c1)N(C)C(=O)CO2. The lowest BCUT2D eigenvalue weighted by Crippen LogP contribution is -2.35. The van der Waals surface area contributed by atoms with Gasteiger partial charge in [0.15, 0.2) is 6.61 Å². The summed E-state index contributed by atoms with van der Waals surface area (Å²) in [4.78, 5) is 12.7. The van der Waals surface area contributed by atoms with Crippen LogP contribution in [-0.2, 0) is 10.7 Å². The lowest BCUT2D eigenvalue weighted by molar-refractivity contribution is -0.121. The van der Waals surface area contributed by atoms with Crippen LogP contribution in [0, 0.1) is 0 Å². The molecule has 0 spiro atoms. The maximum Gasteiger partial charge on any atom is 0.273 e. The average Bonchev–Trinajstić information content (AvgIpc) is 2.33. The molecule has 1 heterocycles. The molecule has 1 aromatic rings. The maximum absolute atomic E-state index is 13.5. The van der Waals surface area contributed by atoms with E-state index in [1.165, 1.54) is 30.0 Å². The van der Waals surface area contributed by atoms with E-state index in [0.717, 1.165) is 0 Å². The highest BCUT2D eigenvalue weighted by molar-refractivity contribution is 5.97. The minimum atomic E-state index is -2.88. The van der Waals surface area contributed by atoms with Crippen LogP contribution in [0.1, 0.15) is 18.9 Å². The summed E-state index contributed by atoms with van der Waals surface area (Å²) in [7, 11) is 1.55. The molecule has 92 valence electrons. The zero-order valence-corrected chi connectivity index (χ0v) is 9.67. The van der Waals surface area contributed by atoms with Gasteiger partial charge in [-0.2, -0.15) is 0 Å². The largest absolute Gasteiger partial charge is 0.482 e. The molecule has 0 N–H and O–H groups in total. The van der Waals surface area contributed by atoms with Crippen molar-refractivity contribution < 1.29 is 18.3 Å². The van der Waals surface area contributed by atoms with Gasteiger partial charge in [-0.3, -0.25) is 4.79 Å². The number of benzene rings is 1. The van der Waals surface area contributed by atoms with E-state index in [1.54, 1.807) is 7.05 Å². The maximum atomic E-state index is 13.5. The van der Waals surface area contributed by atoms with Gasteiger partial charge in [-0.05, 0) is 18.2 Å². The predicted molar refractivity (Wildman–Crippen MR) is 59.5 cm³/mol. The van der Waals surface area contributed by atoms with Crippen LogP contribution in [0.3, 0.4) is 0 Å². The van der Waals surface area contributed by atoms with Gasteiger partial charge < -0.3 is 9.64 Å². The summed E-state index contributed by atoms with van der Waals surface area (Å²) < 4.78 is 32.2. The van der Waals surface area contributed by atoms with E-state index in [9.17, 15) is 13.6 Å². The number of carbonyl (C=O) groups is 1. The molecule has 0 saturated heterocycles. The van der Waals surface area contributed by atoms with E-state index in [0.29, 0.717) is 11.4 Å². The van der Waals surface area contributed by atoms with Crippen LogP contribution in [0.25, 0.3) is 0 Å². The number of hydrogen-bond acceptors (Lipinski definition) is 2. The van der Waals surface area contributed by atoms with Gasteiger partial charge in [0, 0.05) is 19.0 Å². The van der Waals surface area contributed by atoms with Crippen LogP contribution < -0.4 is 9.64 Å². The van der Waals surface area contributed by atoms with Gasteiger partial charge in [0.1, 0.15) is 5.75 Å². The first-order valence-electron chi connectivity index (χ1n) is 5.37. The van der Waals surface area contributed by atoms with Crippen molar-refractivity contribution in [3.05, 3.63) is 23.8 Å². The summed E-state index contributed by atoms with van der Waals surface area (Å²) in [6, 6.07) is 4.14. The number of amides is 1. The molecule has 1 aliphatic heterocycles. The van der Waals surface area contributed by atoms with Crippen molar-refractivity contribution in [1.82, 2.24) is 0 Å². The fourth-order valence-corrected chi connectivity index (χ4v) is 1.70. The van der Waals surface area contributed by atoms with Crippen molar-refractivity contribution in [2.24, 2.45) is 0 Å². The van der Waals surface area contributed by atoms with E-state index in [2.05, 4.69) is 0 Å². The van der Waals surface area contributed by atoms with Crippen molar-refractivity contribution >= 4 is 11.6 Å². The zero-order valence-electron chi connectivity index (χ0n) is 9.67. The van der Waals surface area contributed by atoms with Gasteiger partial charge in [0.2, 0.25) is 0 Å². The van der Waals surface area contributed by atoms with Crippen molar-refractivity contribution in [2.45, 2.75) is 19.3 Å². The van der Waals surface area contributed by atoms with Crippen LogP contribution in [0.15, 0.2) is 18.2 Å². The molecule has 0 aromatic heterocycles. The summed E-state index contributed by atoms with van der Waals surface area (Å²) in [6.45, 7) is 1.37. The molecule has 0 saturated carbocycles. The van der Waals surface area contributed by atoms with Crippen LogP contribution in [0.4, 0.5) is 14.5 Å². The second-order valence-electron chi connectivity index (χ2n) is 3.98. The third-order valence-electron chi connectivity index (χ3n) is 2.91. The van der Waals surface area contributed by atoms with Crippen LogP contribution in [0.5, 0.6) is 5.75 Å². The van der Waals surface area contributed by atoms with Crippen molar-refractivity contribution in [2.75, 3.05) is 18.6 Å². The molecule has 3 nitrogen and oxygen atoms in total. The molecule has 0 unspecified atom stereocenters. The zero-order chi connectivity index (χ0) is 12.6. The molecule has 17 heavy (non-hydrogen) atoms. The quantitative estimate of drug-likeness (QED) is 0.796. The van der Waals surface area contributed by atoms with Gasteiger partial charge >= 0.3 is 0 Å². The number of ether oxygens (including phenoxy) is 1. The highest BCUT2D eigenvalue weighted by atomic mass is 19.3. The Morgan fingerprint density at radius 1 is 1.47 bits per heavy atom. The van der Waals surface area contributed by atoms with Gasteiger partial charge in [0.25, 0.3) is 11.8 Å². The number of carbonyl (C=O) groups excluding carboxylic acids is 1. The van der Waals surface area contributed by atoms with Gasteiger partial charge in [-0.25, -0.2) is 8.78 Å². The fourth-order valence-electron chi connectivity index (χ4n) is 1.70. The van der Waals surface area contributed by atoms with Crippen LogP contribution in [-0.4, -0.2) is 19.6 Å². The van der Waals surface area contributed by atoms with Crippen molar-refractivity contribution in [1.29, 1.82) is 0 Å². The molecule has 0 bridgehead atoms. The third kappa shape index (κ3) is 1.97. The topological polar surface area (TPSA) is 29.5 Å². The molecular formula is C12H13F2NO2. The Labute approximate surface area is 98.0 Å². The van der Waals surface area contributed by atoms with Gasteiger partial charge in [-0.1, -0.05) is 6.92 Å². The third-order valence-corrected chi connectivity index (χ3v) is 2.91. The predicted octanol–water partition coefficient (Wildman–Crippen LogP) is 2.54. The number of hydrogen-bond donors (Lipinski definition) is 0. The number of anilines is 1. The summed E-state index contributed by atoms with van der Waals surface area (Å²) in [5.41, 5.74) is 0.302. The first-order chi connectivity index (χ1) is 7.95. The van der Waals surface area contributed by atoms with Crippen molar-refractivity contribution in [3.63, 3.8) is 0 Å². The summed E-state index contributed by atoms with van der Waals surface area (Å²) in [5, 5.41) is 0. The molecule has 1 amide bonds. The summed E-state index contributed by atoms with van der Waals surface area (Å²) in [6.07, 6.45) is -0.274. The Balaban J connectivity index is 2.46. The number of rotatable bonds is 2. The molecule has 0 fully saturated rings. The monoisotopic (exact) mass is 241 g/mol. The normalized spacial score (nSPS) is 15.5. The lowest BCUT2D eigenvalue weighted by atomic mass is 10.0. The van der Waals surface area contributed by atoms with Gasteiger partial charge in [0.05, 0.1) is 5.69 Å². The summed E-state index contributed by atoms with van der Waals surface area (Å²) >= 11 is 0. The molecule has 0 radical (unpaired) electrons. The molecule has 0 atom stereocenters. The highest BCUT2D eigenvalue weighted by Gasteiger charge is 2.31. The first kappa shape index (κ1) is 11.8. The Bertz CT molecular complexity index is 460. The Hall–Kier alpha value is -1.65. The standard InChI is InChI=1S/C12H13F2NO2/c1-3-12(13,14)8-4-5-10-9(6-8)15(2)11(16)7-17-10/h4-6H,3,7H2,1-2H3. The number of fused-ring (bicyclic) bond motifs is 1. The Morgan fingerprint density at radius 2 is 2.18 bits per heavy atom. The number of nitrogens with zero attached hydrogens (tertiary/aromatic N) is 1. The van der Waals surface area contributed by atoms with E-state index < -0.39 is 5.92 Å². The second-order valence-corrected chi connectivity index (χ2v) is 3.98. The smallest absolute Gasteiger partial charge is 0.273 e. The molecule has 1 aliphatic rings. The minimum Gasteiger partial charge on any atom is -0.482 e. The molecule has 5 heteroatoms. The minimum absolute atomic E-state index is 0.0486. The molecular weight excluding hydrogens is 228 g/mol. The second kappa shape index (κ2) is 3.98. The Morgan fingerprint density at radius 3 is 2.82 bits per heavy atom. The van der Waals surface area contributed by atoms with E-state index in [4.69, 9.17) is 4.74 Å².